The van der Waals surface area contributed by atoms with E-state index in [4.69, 9.17) is 4.74 Å². The summed E-state index contributed by atoms with van der Waals surface area (Å²) in [4.78, 5) is 42.1. The third kappa shape index (κ3) is 3.48. The van der Waals surface area contributed by atoms with E-state index in [2.05, 4.69) is 12.2 Å². The Bertz CT molecular complexity index is 723. The van der Waals surface area contributed by atoms with E-state index in [1.165, 1.54) is 6.42 Å². The first-order valence-corrected chi connectivity index (χ1v) is 12.9. The second kappa shape index (κ2) is 8.93. The Balaban J connectivity index is 1.72. The van der Waals surface area contributed by atoms with Crippen molar-refractivity contribution in [3.63, 3.8) is 0 Å². The SMILES string of the molecule is CCOC(=O)[C@@H]1[C@@H]2CC(C)C3(S2)C(C(=O)NC2CCCCC2)N([C@@H](CC)CO)C(=O)[C@H]13. The minimum Gasteiger partial charge on any atom is -0.466 e. The quantitative estimate of drug-likeness (QED) is 0.575. The third-order valence-corrected chi connectivity index (χ3v) is 10.1. The van der Waals surface area contributed by atoms with Gasteiger partial charge in [0.05, 0.1) is 35.8 Å². The molecule has 3 unspecified atom stereocenters. The molecule has 31 heavy (non-hydrogen) atoms. The van der Waals surface area contributed by atoms with E-state index in [-0.39, 0.29) is 48.2 Å². The number of nitrogens with one attached hydrogen (secondary N) is 1. The van der Waals surface area contributed by atoms with Crippen LogP contribution < -0.4 is 5.32 Å². The fraction of sp³-hybridized carbons (Fsp3) is 0.870. The number of hydrogen-bond acceptors (Lipinski definition) is 6. The van der Waals surface area contributed by atoms with Crippen LogP contribution in [0.1, 0.15) is 65.7 Å². The molecule has 3 saturated heterocycles. The molecule has 0 radical (unpaired) electrons. The van der Waals surface area contributed by atoms with Gasteiger partial charge in [-0.2, -0.15) is 0 Å². The van der Waals surface area contributed by atoms with E-state index in [9.17, 15) is 19.5 Å². The molecule has 1 aliphatic carbocycles. The van der Waals surface area contributed by atoms with Gasteiger partial charge < -0.3 is 20.1 Å². The number of carbonyl (C=O) groups excluding carboxylic acids is 3. The molecule has 174 valence electrons. The van der Waals surface area contributed by atoms with E-state index in [0.29, 0.717) is 6.42 Å². The number of carbonyl (C=O) groups is 3. The van der Waals surface area contributed by atoms with Crippen LogP contribution >= 0.6 is 11.8 Å². The number of thioether (sulfide) groups is 1. The summed E-state index contributed by atoms with van der Waals surface area (Å²) in [5.74, 6) is -1.54. The normalized spacial score (nSPS) is 38.3. The second-order valence-electron chi connectivity index (χ2n) is 9.64. The molecular weight excluding hydrogens is 416 g/mol. The van der Waals surface area contributed by atoms with Crippen LogP contribution in [0.25, 0.3) is 0 Å². The lowest BCUT2D eigenvalue weighted by Crippen LogP contribution is -2.59. The Hall–Kier alpha value is -1.28. The van der Waals surface area contributed by atoms with Crippen molar-refractivity contribution in [2.75, 3.05) is 13.2 Å². The van der Waals surface area contributed by atoms with Crippen molar-refractivity contribution in [2.45, 2.75) is 93.8 Å². The lowest BCUT2D eigenvalue weighted by Gasteiger charge is -2.40. The molecule has 3 aliphatic heterocycles. The van der Waals surface area contributed by atoms with Crippen LogP contribution in [-0.4, -0.2) is 69.1 Å². The van der Waals surface area contributed by atoms with Gasteiger partial charge in [0.25, 0.3) is 0 Å². The molecule has 1 saturated carbocycles. The van der Waals surface area contributed by atoms with Crippen molar-refractivity contribution in [3.05, 3.63) is 0 Å². The molecule has 2 N–H and O–H groups in total. The summed E-state index contributed by atoms with van der Waals surface area (Å²) < 4.78 is 4.72. The van der Waals surface area contributed by atoms with Crippen molar-refractivity contribution >= 4 is 29.5 Å². The van der Waals surface area contributed by atoms with Gasteiger partial charge in [-0.3, -0.25) is 14.4 Å². The molecule has 4 rings (SSSR count). The first-order valence-electron chi connectivity index (χ1n) is 12.0. The van der Waals surface area contributed by atoms with E-state index in [0.717, 1.165) is 32.1 Å². The number of fused-ring (bicyclic) bond motifs is 1. The van der Waals surface area contributed by atoms with Gasteiger partial charge in [-0.25, -0.2) is 0 Å². The minimum absolute atomic E-state index is 0.00401. The molecule has 0 aromatic rings. The van der Waals surface area contributed by atoms with Gasteiger partial charge in [-0.15, -0.1) is 11.8 Å². The number of hydrogen-bond donors (Lipinski definition) is 2. The highest BCUT2D eigenvalue weighted by Crippen LogP contribution is 2.69. The molecular formula is C23H36N2O5S. The average Bonchev–Trinajstić information content (AvgIpc) is 3.34. The van der Waals surface area contributed by atoms with Crippen LogP contribution in [0.3, 0.4) is 0 Å². The molecule has 0 aromatic heterocycles. The van der Waals surface area contributed by atoms with Crippen LogP contribution in [0.15, 0.2) is 0 Å². The molecule has 2 amide bonds. The highest BCUT2D eigenvalue weighted by molar-refractivity contribution is 8.02. The van der Waals surface area contributed by atoms with Crippen molar-refractivity contribution < 1.29 is 24.2 Å². The van der Waals surface area contributed by atoms with Crippen LogP contribution in [0.2, 0.25) is 0 Å². The topological polar surface area (TPSA) is 95.9 Å². The van der Waals surface area contributed by atoms with Crippen molar-refractivity contribution in [3.8, 4) is 0 Å². The Labute approximate surface area is 189 Å². The summed E-state index contributed by atoms with van der Waals surface area (Å²) >= 11 is 1.66. The van der Waals surface area contributed by atoms with Crippen molar-refractivity contribution in [1.29, 1.82) is 0 Å². The Kier molecular flexibility index (Phi) is 6.59. The minimum atomic E-state index is -0.659. The van der Waals surface area contributed by atoms with Gasteiger partial charge >= 0.3 is 5.97 Å². The Morgan fingerprint density at radius 2 is 2.00 bits per heavy atom. The van der Waals surface area contributed by atoms with E-state index in [1.807, 2.05) is 6.92 Å². The predicted octanol–water partition coefficient (Wildman–Crippen LogP) is 2.11. The standard InChI is InChI=1S/C23H36N2O5S/c1-4-15(12-26)25-19(20(27)24-14-9-7-6-8-10-14)23-13(3)11-16(31-23)17(18(23)21(25)28)22(29)30-5-2/h13-19,26H,4-12H2,1-3H3,(H,24,27)/t13?,15-,16-,17+,18-,19?,23?/m0/s1. The maximum absolute atomic E-state index is 13.8. The highest BCUT2D eigenvalue weighted by atomic mass is 32.2. The van der Waals surface area contributed by atoms with Crippen LogP contribution in [0, 0.1) is 17.8 Å². The van der Waals surface area contributed by atoms with Crippen LogP contribution in [-0.2, 0) is 19.1 Å². The maximum atomic E-state index is 13.8. The number of esters is 1. The summed E-state index contributed by atoms with van der Waals surface area (Å²) in [6, 6.07) is -0.944. The zero-order valence-electron chi connectivity index (χ0n) is 18.8. The van der Waals surface area contributed by atoms with Crippen LogP contribution in [0.5, 0.6) is 0 Å². The Morgan fingerprint density at radius 3 is 2.61 bits per heavy atom. The fourth-order valence-electron chi connectivity index (χ4n) is 6.60. The summed E-state index contributed by atoms with van der Waals surface area (Å²) in [6.07, 6.45) is 6.72. The molecule has 8 heteroatoms. The second-order valence-corrected chi connectivity index (χ2v) is 11.2. The zero-order valence-corrected chi connectivity index (χ0v) is 19.7. The van der Waals surface area contributed by atoms with Crippen molar-refractivity contribution in [1.82, 2.24) is 10.2 Å². The van der Waals surface area contributed by atoms with E-state index < -0.39 is 28.7 Å². The number of nitrogens with zero attached hydrogens (tertiary/aromatic N) is 1. The number of aliphatic hydroxyl groups is 1. The summed E-state index contributed by atoms with van der Waals surface area (Å²) in [6.45, 7) is 5.90. The monoisotopic (exact) mass is 452 g/mol. The molecule has 4 aliphatic rings. The van der Waals surface area contributed by atoms with Gasteiger partial charge in [-0.05, 0) is 38.5 Å². The summed E-state index contributed by atoms with van der Waals surface area (Å²) in [7, 11) is 0. The molecule has 2 bridgehead atoms. The smallest absolute Gasteiger partial charge is 0.310 e. The molecule has 7 atom stereocenters. The molecule has 1 spiro atoms. The predicted molar refractivity (Wildman–Crippen MR) is 118 cm³/mol. The average molecular weight is 453 g/mol. The van der Waals surface area contributed by atoms with E-state index in [1.54, 1.807) is 23.6 Å². The number of rotatable bonds is 7. The molecule has 3 heterocycles. The summed E-state index contributed by atoms with van der Waals surface area (Å²) in [5.41, 5.74) is 0. The zero-order chi connectivity index (χ0) is 22.3. The maximum Gasteiger partial charge on any atom is 0.310 e. The van der Waals surface area contributed by atoms with Gasteiger partial charge in [0.2, 0.25) is 11.8 Å². The van der Waals surface area contributed by atoms with Gasteiger partial charge in [0.15, 0.2) is 0 Å². The number of ether oxygens (including phenoxy) is 1. The highest BCUT2D eigenvalue weighted by Gasteiger charge is 2.76. The van der Waals surface area contributed by atoms with Crippen molar-refractivity contribution in [2.24, 2.45) is 17.8 Å². The molecule has 7 nitrogen and oxygen atoms in total. The number of amides is 2. The van der Waals surface area contributed by atoms with Gasteiger partial charge in [0.1, 0.15) is 6.04 Å². The number of aliphatic hydroxyl groups excluding tert-OH is 1. The third-order valence-electron chi connectivity index (χ3n) is 8.02. The van der Waals surface area contributed by atoms with Crippen LogP contribution in [0.4, 0.5) is 0 Å². The lowest BCUT2D eigenvalue weighted by atomic mass is 9.66. The van der Waals surface area contributed by atoms with Gasteiger partial charge in [-0.1, -0.05) is 33.1 Å². The first-order chi connectivity index (χ1) is 14.9. The molecule has 0 aromatic carbocycles. The largest absolute Gasteiger partial charge is 0.466 e. The summed E-state index contributed by atoms with van der Waals surface area (Å²) in [5, 5.41) is 13.3. The fourth-order valence-corrected chi connectivity index (χ4v) is 9.00. The first kappa shape index (κ1) is 22.9. The number of likely N-dealkylation sites (tertiary alicyclic amines) is 1. The van der Waals surface area contributed by atoms with Gasteiger partial charge in [0, 0.05) is 11.3 Å². The lowest BCUT2D eigenvalue weighted by molar-refractivity contribution is -0.154. The molecule has 4 fully saturated rings. The van der Waals surface area contributed by atoms with E-state index >= 15 is 0 Å². The Morgan fingerprint density at radius 1 is 1.29 bits per heavy atom.